The van der Waals surface area contributed by atoms with Crippen LogP contribution in [0.3, 0.4) is 0 Å². The predicted molar refractivity (Wildman–Crippen MR) is 83.4 cm³/mol. The van der Waals surface area contributed by atoms with Crippen LogP contribution in [0.15, 0.2) is 78.9 Å². The maximum absolute atomic E-state index is 12.5. The van der Waals surface area contributed by atoms with E-state index in [1.165, 1.54) is 0 Å². The fourth-order valence-electron chi connectivity index (χ4n) is 2.27. The van der Waals surface area contributed by atoms with E-state index in [2.05, 4.69) is 0 Å². The van der Waals surface area contributed by atoms with Crippen molar-refractivity contribution in [3.05, 3.63) is 90.0 Å². The number of hydrogen-bond donors (Lipinski definition) is 1. The Labute approximate surface area is 123 Å². The standard InChI is InChI=1S/C19H14O2/c20-18-12-11-16(14-7-3-1-4-8-14)13-17(18)19(21)15-9-5-2-6-10-15/h1-13,20H. The summed E-state index contributed by atoms with van der Waals surface area (Å²) >= 11 is 0. The lowest BCUT2D eigenvalue weighted by molar-refractivity contribution is 0.103. The van der Waals surface area contributed by atoms with Crippen molar-refractivity contribution < 1.29 is 9.90 Å². The minimum atomic E-state index is -0.175. The quantitative estimate of drug-likeness (QED) is 0.723. The highest BCUT2D eigenvalue weighted by molar-refractivity contribution is 6.11. The zero-order chi connectivity index (χ0) is 14.7. The van der Waals surface area contributed by atoms with Crippen LogP contribution in [-0.2, 0) is 0 Å². The fourth-order valence-corrected chi connectivity index (χ4v) is 2.27. The lowest BCUT2D eigenvalue weighted by Gasteiger charge is -2.07. The van der Waals surface area contributed by atoms with Crippen LogP contribution in [0.1, 0.15) is 15.9 Å². The first-order chi connectivity index (χ1) is 10.3. The summed E-state index contributed by atoms with van der Waals surface area (Å²) in [5.74, 6) is -0.172. The van der Waals surface area contributed by atoms with Crippen LogP contribution < -0.4 is 0 Å². The second kappa shape index (κ2) is 5.63. The molecule has 3 rings (SSSR count). The molecule has 0 aliphatic heterocycles. The van der Waals surface area contributed by atoms with E-state index in [0.29, 0.717) is 11.1 Å². The monoisotopic (exact) mass is 274 g/mol. The average molecular weight is 274 g/mol. The molecule has 0 bridgehead atoms. The third kappa shape index (κ3) is 2.70. The molecule has 0 saturated heterocycles. The van der Waals surface area contributed by atoms with Crippen LogP contribution in [0.2, 0.25) is 0 Å². The van der Waals surface area contributed by atoms with Crippen LogP contribution in [-0.4, -0.2) is 10.9 Å². The minimum absolute atomic E-state index is 0.00327. The Hall–Kier alpha value is -2.87. The van der Waals surface area contributed by atoms with Crippen molar-refractivity contribution in [2.45, 2.75) is 0 Å². The van der Waals surface area contributed by atoms with Gasteiger partial charge in [0.1, 0.15) is 5.75 Å². The molecule has 3 aromatic rings. The third-order valence-electron chi connectivity index (χ3n) is 3.38. The molecule has 0 fully saturated rings. The molecule has 2 heteroatoms. The molecule has 3 aromatic carbocycles. The lowest BCUT2D eigenvalue weighted by Crippen LogP contribution is -2.01. The number of benzene rings is 3. The van der Waals surface area contributed by atoms with Gasteiger partial charge in [0.15, 0.2) is 5.78 Å². The van der Waals surface area contributed by atoms with Gasteiger partial charge in [0.05, 0.1) is 5.56 Å². The van der Waals surface area contributed by atoms with E-state index < -0.39 is 0 Å². The van der Waals surface area contributed by atoms with E-state index in [9.17, 15) is 9.90 Å². The largest absolute Gasteiger partial charge is 0.507 e. The Balaban J connectivity index is 2.05. The molecule has 0 spiro atoms. The second-order valence-corrected chi connectivity index (χ2v) is 4.79. The number of rotatable bonds is 3. The first-order valence-electron chi connectivity index (χ1n) is 6.74. The number of hydrogen-bond acceptors (Lipinski definition) is 2. The molecule has 0 radical (unpaired) electrons. The molecule has 0 aliphatic rings. The van der Waals surface area contributed by atoms with E-state index in [-0.39, 0.29) is 11.5 Å². The van der Waals surface area contributed by atoms with E-state index in [1.54, 1.807) is 24.3 Å². The third-order valence-corrected chi connectivity index (χ3v) is 3.38. The van der Waals surface area contributed by atoms with Crippen molar-refractivity contribution in [2.24, 2.45) is 0 Å². The zero-order valence-corrected chi connectivity index (χ0v) is 11.4. The zero-order valence-electron chi connectivity index (χ0n) is 11.4. The smallest absolute Gasteiger partial charge is 0.196 e. The maximum Gasteiger partial charge on any atom is 0.196 e. The van der Waals surface area contributed by atoms with Gasteiger partial charge in [0.25, 0.3) is 0 Å². The Morgan fingerprint density at radius 3 is 2.00 bits per heavy atom. The van der Waals surface area contributed by atoms with Crippen molar-refractivity contribution >= 4 is 5.78 Å². The number of ketones is 1. The topological polar surface area (TPSA) is 37.3 Å². The Morgan fingerprint density at radius 1 is 0.714 bits per heavy atom. The number of phenolic OH excluding ortho intramolecular Hbond substituents is 1. The summed E-state index contributed by atoms with van der Waals surface area (Å²) in [5, 5.41) is 9.99. The molecule has 1 N–H and O–H groups in total. The van der Waals surface area contributed by atoms with Gasteiger partial charge in [0, 0.05) is 5.56 Å². The number of carbonyl (C=O) groups excluding carboxylic acids is 1. The van der Waals surface area contributed by atoms with Crippen molar-refractivity contribution in [3.8, 4) is 16.9 Å². The Bertz CT molecular complexity index is 762. The fraction of sp³-hybridized carbons (Fsp3) is 0. The van der Waals surface area contributed by atoms with Gasteiger partial charge in [-0.2, -0.15) is 0 Å². The SMILES string of the molecule is O=C(c1ccccc1)c1cc(-c2ccccc2)ccc1O. The highest BCUT2D eigenvalue weighted by Crippen LogP contribution is 2.27. The first kappa shape index (κ1) is 13.1. The second-order valence-electron chi connectivity index (χ2n) is 4.79. The van der Waals surface area contributed by atoms with Gasteiger partial charge < -0.3 is 5.11 Å². The van der Waals surface area contributed by atoms with Crippen LogP contribution in [0, 0.1) is 0 Å². The van der Waals surface area contributed by atoms with Gasteiger partial charge in [-0.3, -0.25) is 4.79 Å². The summed E-state index contributed by atoms with van der Waals surface area (Å²) in [4.78, 5) is 12.5. The molecule has 0 amide bonds. The highest BCUT2D eigenvalue weighted by Gasteiger charge is 2.14. The summed E-state index contributed by atoms with van der Waals surface area (Å²) in [6.45, 7) is 0. The molecule has 102 valence electrons. The molecular weight excluding hydrogens is 260 g/mol. The van der Waals surface area contributed by atoms with Crippen molar-refractivity contribution in [1.82, 2.24) is 0 Å². The molecular formula is C19H14O2. The summed E-state index contributed by atoms with van der Waals surface area (Å²) < 4.78 is 0. The number of carbonyl (C=O) groups is 1. The molecule has 21 heavy (non-hydrogen) atoms. The molecule has 0 aromatic heterocycles. The van der Waals surface area contributed by atoms with Gasteiger partial charge in [-0.05, 0) is 23.3 Å². The summed E-state index contributed by atoms with van der Waals surface area (Å²) in [5.41, 5.74) is 2.81. The molecule has 0 unspecified atom stereocenters. The molecule has 0 saturated carbocycles. The van der Waals surface area contributed by atoms with E-state index in [1.807, 2.05) is 54.6 Å². The lowest BCUT2D eigenvalue weighted by atomic mass is 9.97. The Kier molecular flexibility index (Phi) is 3.52. The normalized spacial score (nSPS) is 10.3. The van der Waals surface area contributed by atoms with Crippen molar-refractivity contribution in [1.29, 1.82) is 0 Å². The van der Waals surface area contributed by atoms with Crippen LogP contribution in [0.25, 0.3) is 11.1 Å². The molecule has 0 aliphatic carbocycles. The van der Waals surface area contributed by atoms with E-state index in [0.717, 1.165) is 11.1 Å². The average Bonchev–Trinajstić information content (AvgIpc) is 2.56. The highest BCUT2D eigenvalue weighted by atomic mass is 16.3. The van der Waals surface area contributed by atoms with Crippen LogP contribution >= 0.6 is 0 Å². The van der Waals surface area contributed by atoms with E-state index >= 15 is 0 Å². The Morgan fingerprint density at radius 2 is 1.33 bits per heavy atom. The number of aromatic hydroxyl groups is 1. The molecule has 0 heterocycles. The molecule has 0 atom stereocenters. The van der Waals surface area contributed by atoms with Crippen molar-refractivity contribution in [3.63, 3.8) is 0 Å². The van der Waals surface area contributed by atoms with Gasteiger partial charge in [-0.15, -0.1) is 0 Å². The van der Waals surface area contributed by atoms with Gasteiger partial charge in [-0.25, -0.2) is 0 Å². The molecule has 2 nitrogen and oxygen atoms in total. The van der Waals surface area contributed by atoms with Gasteiger partial charge in [-0.1, -0.05) is 66.7 Å². The minimum Gasteiger partial charge on any atom is -0.507 e. The van der Waals surface area contributed by atoms with Crippen LogP contribution in [0.5, 0.6) is 5.75 Å². The maximum atomic E-state index is 12.5. The summed E-state index contributed by atoms with van der Waals surface area (Å²) in [6.07, 6.45) is 0. The van der Waals surface area contributed by atoms with Gasteiger partial charge >= 0.3 is 0 Å². The number of phenols is 1. The van der Waals surface area contributed by atoms with E-state index in [4.69, 9.17) is 0 Å². The summed E-state index contributed by atoms with van der Waals surface area (Å²) in [7, 11) is 0. The van der Waals surface area contributed by atoms with Crippen molar-refractivity contribution in [2.75, 3.05) is 0 Å². The summed E-state index contributed by atoms with van der Waals surface area (Å²) in [6, 6.07) is 23.9. The van der Waals surface area contributed by atoms with Crippen LogP contribution in [0.4, 0.5) is 0 Å². The first-order valence-corrected chi connectivity index (χ1v) is 6.74. The predicted octanol–water partition coefficient (Wildman–Crippen LogP) is 4.29. The van der Waals surface area contributed by atoms with Gasteiger partial charge in [0.2, 0.25) is 0 Å².